The minimum absolute atomic E-state index is 0.119. The van der Waals surface area contributed by atoms with E-state index in [1.54, 1.807) is 0 Å². The van der Waals surface area contributed by atoms with E-state index >= 15 is 0 Å². The number of aromatic nitrogens is 2. The Morgan fingerprint density at radius 2 is 0.889 bits per heavy atom. The number of nitrogens with zero attached hydrogens (tertiary/aromatic N) is 3. The third-order valence-electron chi connectivity index (χ3n) is 11.6. The van der Waals surface area contributed by atoms with Crippen LogP contribution in [0.15, 0.2) is 176 Å². The molecule has 1 heterocycles. The lowest BCUT2D eigenvalue weighted by atomic mass is 9.55. The maximum Gasteiger partial charge on any atom is 0.160 e. The van der Waals surface area contributed by atoms with Crippen molar-refractivity contribution in [2.24, 2.45) is 0 Å². The summed E-state index contributed by atoms with van der Waals surface area (Å²) in [5, 5.41) is 9.34. The second-order valence-electron chi connectivity index (χ2n) is 14.9. The first-order valence-corrected chi connectivity index (χ1v) is 18.5. The van der Waals surface area contributed by atoms with Gasteiger partial charge in [0, 0.05) is 22.1 Å². The first-order valence-electron chi connectivity index (χ1n) is 18.5. The maximum absolute atomic E-state index is 9.34. The summed E-state index contributed by atoms with van der Waals surface area (Å²) in [6.45, 7) is 4.73. The highest BCUT2D eigenvalue weighted by atomic mass is 14.9. The Balaban J connectivity index is 1.09. The van der Waals surface area contributed by atoms with Crippen molar-refractivity contribution in [1.82, 2.24) is 9.97 Å². The van der Waals surface area contributed by atoms with E-state index in [1.807, 2.05) is 42.5 Å². The summed E-state index contributed by atoms with van der Waals surface area (Å²) in [4.78, 5) is 9.98. The molecule has 0 atom stereocenters. The van der Waals surface area contributed by atoms with Gasteiger partial charge in [0.1, 0.15) is 0 Å². The zero-order valence-corrected chi connectivity index (χ0v) is 30.1. The van der Waals surface area contributed by atoms with Gasteiger partial charge in [0.2, 0.25) is 0 Å². The Hall–Kier alpha value is -6.89. The Kier molecular flexibility index (Phi) is 7.12. The largest absolute Gasteiger partial charge is 0.228 e. The van der Waals surface area contributed by atoms with Gasteiger partial charge in [0.05, 0.1) is 28.4 Å². The highest BCUT2D eigenvalue weighted by Crippen LogP contribution is 2.62. The van der Waals surface area contributed by atoms with Gasteiger partial charge in [0.15, 0.2) is 5.82 Å². The summed E-state index contributed by atoms with van der Waals surface area (Å²) in [5.41, 5.74) is 17.8. The van der Waals surface area contributed by atoms with Gasteiger partial charge in [-0.1, -0.05) is 153 Å². The molecule has 0 radical (unpaired) electrons. The van der Waals surface area contributed by atoms with Crippen LogP contribution in [0.4, 0.5) is 0 Å². The van der Waals surface area contributed by atoms with Crippen molar-refractivity contribution in [3.63, 3.8) is 0 Å². The maximum atomic E-state index is 9.34. The summed E-state index contributed by atoms with van der Waals surface area (Å²) in [7, 11) is 0. The zero-order chi connectivity index (χ0) is 36.4. The third-order valence-corrected chi connectivity index (χ3v) is 11.6. The Bertz CT molecular complexity index is 2740. The molecular formula is C51H35N3. The lowest BCUT2D eigenvalue weighted by Crippen LogP contribution is -2.40. The molecule has 0 N–H and O–H groups in total. The predicted molar refractivity (Wildman–Crippen MR) is 218 cm³/mol. The standard InChI is InChI=1S/C51H35N3/c1-50(2)43-16-8-10-18-45(43)51(46-19-11-9-17-44(46)50)41-15-7-6-14-39(41)40-30-38(28-29-42(40)51)34-24-26-36(27-25-34)48-31-47(35-12-4-3-5-13-35)53-49(54-48)37-22-20-33(32-52)21-23-37/h3-31H,1-2H3. The summed E-state index contributed by atoms with van der Waals surface area (Å²) in [5.74, 6) is 0.625. The Morgan fingerprint density at radius 1 is 0.407 bits per heavy atom. The Labute approximate surface area is 315 Å². The molecule has 1 aromatic heterocycles. The van der Waals surface area contributed by atoms with Crippen LogP contribution in [0, 0.1) is 11.3 Å². The van der Waals surface area contributed by atoms with Crippen LogP contribution in [0.3, 0.4) is 0 Å². The minimum atomic E-state index is -0.396. The molecule has 10 rings (SSSR count). The van der Waals surface area contributed by atoms with Crippen molar-refractivity contribution < 1.29 is 0 Å². The van der Waals surface area contributed by atoms with Crippen molar-refractivity contribution in [3.05, 3.63) is 215 Å². The fraction of sp³-hybridized carbons (Fsp3) is 0.0784. The number of nitriles is 1. The highest BCUT2D eigenvalue weighted by molar-refractivity contribution is 5.90. The van der Waals surface area contributed by atoms with Crippen LogP contribution >= 0.6 is 0 Å². The molecule has 0 fully saturated rings. The van der Waals surface area contributed by atoms with Crippen molar-refractivity contribution in [2.45, 2.75) is 24.7 Å². The first-order chi connectivity index (χ1) is 26.5. The van der Waals surface area contributed by atoms with E-state index in [-0.39, 0.29) is 5.41 Å². The number of benzene rings is 7. The van der Waals surface area contributed by atoms with Crippen LogP contribution in [-0.2, 0) is 10.8 Å². The topological polar surface area (TPSA) is 49.6 Å². The summed E-state index contributed by atoms with van der Waals surface area (Å²) in [6, 6.07) is 64.9. The van der Waals surface area contributed by atoms with E-state index in [9.17, 15) is 5.26 Å². The average Bonchev–Trinajstić information content (AvgIpc) is 3.53. The van der Waals surface area contributed by atoms with Crippen molar-refractivity contribution in [1.29, 1.82) is 5.26 Å². The summed E-state index contributed by atoms with van der Waals surface area (Å²) < 4.78 is 0. The van der Waals surface area contributed by atoms with Gasteiger partial charge in [-0.15, -0.1) is 0 Å². The lowest BCUT2D eigenvalue weighted by molar-refractivity contribution is 0.563. The smallest absolute Gasteiger partial charge is 0.160 e. The normalized spacial score (nSPS) is 14.0. The monoisotopic (exact) mass is 689 g/mol. The number of rotatable bonds is 4. The molecule has 0 saturated carbocycles. The fourth-order valence-corrected chi connectivity index (χ4v) is 9.05. The van der Waals surface area contributed by atoms with Crippen molar-refractivity contribution >= 4 is 0 Å². The van der Waals surface area contributed by atoms with E-state index in [4.69, 9.17) is 9.97 Å². The minimum Gasteiger partial charge on any atom is -0.228 e. The quantitative estimate of drug-likeness (QED) is 0.185. The second kappa shape index (κ2) is 12.1. The molecule has 1 spiro atoms. The highest BCUT2D eigenvalue weighted by Gasteiger charge is 2.53. The van der Waals surface area contributed by atoms with Crippen LogP contribution in [0.5, 0.6) is 0 Å². The molecule has 7 aromatic carbocycles. The molecule has 0 unspecified atom stereocenters. The van der Waals surface area contributed by atoms with Gasteiger partial charge < -0.3 is 0 Å². The fourth-order valence-electron chi connectivity index (χ4n) is 9.05. The van der Waals surface area contributed by atoms with Crippen LogP contribution < -0.4 is 0 Å². The van der Waals surface area contributed by atoms with E-state index in [0.717, 1.165) is 33.6 Å². The van der Waals surface area contributed by atoms with Gasteiger partial charge in [-0.25, -0.2) is 9.97 Å². The molecule has 2 aliphatic carbocycles. The van der Waals surface area contributed by atoms with Gasteiger partial charge in [-0.2, -0.15) is 5.26 Å². The Morgan fingerprint density at radius 3 is 1.52 bits per heavy atom. The number of fused-ring (bicyclic) bond motifs is 9. The van der Waals surface area contributed by atoms with Gasteiger partial charge in [-0.05, 0) is 92.0 Å². The van der Waals surface area contributed by atoms with E-state index in [0.29, 0.717) is 11.4 Å². The molecule has 0 saturated heterocycles. The summed E-state index contributed by atoms with van der Waals surface area (Å²) in [6.07, 6.45) is 0. The van der Waals surface area contributed by atoms with Gasteiger partial charge in [-0.3, -0.25) is 0 Å². The van der Waals surface area contributed by atoms with E-state index < -0.39 is 5.41 Å². The molecule has 3 nitrogen and oxygen atoms in total. The third kappa shape index (κ3) is 4.67. The van der Waals surface area contributed by atoms with E-state index in [1.165, 1.54) is 50.1 Å². The molecule has 0 aliphatic heterocycles. The predicted octanol–water partition coefficient (Wildman–Crippen LogP) is 12.0. The van der Waals surface area contributed by atoms with Crippen LogP contribution in [0.25, 0.3) is 56.2 Å². The molecule has 254 valence electrons. The molecule has 3 heteroatoms. The second-order valence-corrected chi connectivity index (χ2v) is 14.9. The lowest BCUT2D eigenvalue weighted by Gasteiger charge is -2.46. The van der Waals surface area contributed by atoms with Gasteiger partial charge in [0.25, 0.3) is 0 Å². The molecule has 0 bridgehead atoms. The van der Waals surface area contributed by atoms with Gasteiger partial charge >= 0.3 is 0 Å². The van der Waals surface area contributed by atoms with Crippen LogP contribution in [0.1, 0.15) is 52.8 Å². The number of hydrogen-bond donors (Lipinski definition) is 0. The molecular weight excluding hydrogens is 655 g/mol. The van der Waals surface area contributed by atoms with Crippen molar-refractivity contribution in [2.75, 3.05) is 0 Å². The van der Waals surface area contributed by atoms with E-state index in [2.05, 4.69) is 153 Å². The SMILES string of the molecule is CC1(C)c2ccccc2C2(c3ccccc3-c3cc(-c4ccc(-c5cc(-c6ccccc6)nc(-c6ccc(C#N)cc6)n5)cc4)ccc32)c2ccccc21. The molecule has 0 amide bonds. The van der Waals surface area contributed by atoms with Crippen LogP contribution in [0.2, 0.25) is 0 Å². The molecule has 8 aromatic rings. The molecule has 2 aliphatic rings. The van der Waals surface area contributed by atoms with Crippen molar-refractivity contribution in [3.8, 4) is 62.2 Å². The zero-order valence-electron chi connectivity index (χ0n) is 30.1. The van der Waals surface area contributed by atoms with Crippen LogP contribution in [-0.4, -0.2) is 9.97 Å². The first kappa shape index (κ1) is 31.8. The summed E-state index contributed by atoms with van der Waals surface area (Å²) >= 11 is 0. The number of hydrogen-bond acceptors (Lipinski definition) is 3. The molecule has 54 heavy (non-hydrogen) atoms. The average molecular weight is 690 g/mol.